The Morgan fingerprint density at radius 1 is 0.628 bits per heavy atom. The predicted octanol–water partition coefficient (Wildman–Crippen LogP) is 7.08. The van der Waals surface area contributed by atoms with Crippen molar-refractivity contribution in [2.75, 3.05) is 6.61 Å². The Labute approximate surface area is 258 Å². The van der Waals surface area contributed by atoms with Crippen molar-refractivity contribution in [3.8, 4) is 0 Å². The van der Waals surface area contributed by atoms with Gasteiger partial charge in [0.15, 0.2) is 8.32 Å². The molecule has 0 aromatic heterocycles. The van der Waals surface area contributed by atoms with Crippen LogP contribution in [0.2, 0.25) is 18.1 Å². The summed E-state index contributed by atoms with van der Waals surface area (Å²) in [5.41, 5.74) is 3.05. The van der Waals surface area contributed by atoms with E-state index in [2.05, 4.69) is 40.4 Å². The van der Waals surface area contributed by atoms with E-state index in [1.54, 1.807) is 6.08 Å². The van der Waals surface area contributed by atoms with Crippen molar-refractivity contribution in [1.29, 1.82) is 0 Å². The van der Waals surface area contributed by atoms with Gasteiger partial charge in [0.1, 0.15) is 36.6 Å². The molecule has 1 fully saturated rings. The van der Waals surface area contributed by atoms with Crippen molar-refractivity contribution in [2.24, 2.45) is 0 Å². The Hall–Kier alpha value is -2.62. The van der Waals surface area contributed by atoms with Crippen LogP contribution >= 0.6 is 0 Å². The molecule has 1 N–H and O–H groups in total. The third kappa shape index (κ3) is 8.96. The molecule has 3 aromatic carbocycles. The Balaban J connectivity index is 1.73. The second kappa shape index (κ2) is 15.4. The number of hydrogen-bond donors (Lipinski definition) is 1. The van der Waals surface area contributed by atoms with Gasteiger partial charge >= 0.3 is 0 Å². The van der Waals surface area contributed by atoms with E-state index in [4.69, 9.17) is 23.4 Å². The average molecular weight is 605 g/mol. The van der Waals surface area contributed by atoms with E-state index in [-0.39, 0.29) is 11.6 Å². The number of aliphatic hydroxyl groups is 1. The highest BCUT2D eigenvalue weighted by atomic mass is 28.4. The van der Waals surface area contributed by atoms with Gasteiger partial charge in [0, 0.05) is 0 Å². The van der Waals surface area contributed by atoms with Crippen LogP contribution in [0.3, 0.4) is 0 Å². The van der Waals surface area contributed by atoms with Crippen LogP contribution in [0.5, 0.6) is 0 Å². The summed E-state index contributed by atoms with van der Waals surface area (Å²) in [6, 6.07) is 30.0. The van der Waals surface area contributed by atoms with E-state index in [9.17, 15) is 5.11 Å². The third-order valence-corrected chi connectivity index (χ3v) is 12.9. The molecule has 0 radical (unpaired) electrons. The van der Waals surface area contributed by atoms with E-state index in [1.807, 2.05) is 91.0 Å². The van der Waals surface area contributed by atoms with Crippen LogP contribution in [0.4, 0.5) is 0 Å². The highest BCUT2D eigenvalue weighted by Crippen LogP contribution is 2.41. The minimum absolute atomic E-state index is 0.0862. The second-order valence-corrected chi connectivity index (χ2v) is 17.5. The number of rotatable bonds is 14. The smallest absolute Gasteiger partial charge is 0.192 e. The SMILES string of the molecule is C=CCO[C@H]1[C@@H](OCc2ccccc2)[C@@H](OCc2ccccc2)[C@@H](OCc2ccccc2)[C@@H](O)[C@@H]1O[Si](C)(C)C(C)(C)C. The summed E-state index contributed by atoms with van der Waals surface area (Å²) in [5, 5.41) is 12.0. The summed E-state index contributed by atoms with van der Waals surface area (Å²) in [5.74, 6) is 0. The Bertz CT molecular complexity index is 1230. The molecule has 0 unspecified atom stereocenters. The van der Waals surface area contributed by atoms with Crippen molar-refractivity contribution in [3.63, 3.8) is 0 Å². The molecule has 232 valence electrons. The zero-order chi connectivity index (χ0) is 30.9. The highest BCUT2D eigenvalue weighted by molar-refractivity contribution is 6.74. The van der Waals surface area contributed by atoms with Crippen LogP contribution in [0.25, 0.3) is 0 Å². The summed E-state index contributed by atoms with van der Waals surface area (Å²) in [6.07, 6.45) is -2.60. The summed E-state index contributed by atoms with van der Waals surface area (Å²) < 4.78 is 33.3. The lowest BCUT2D eigenvalue weighted by Gasteiger charge is -2.51. The van der Waals surface area contributed by atoms with Crippen LogP contribution in [0.15, 0.2) is 104 Å². The van der Waals surface area contributed by atoms with Crippen molar-refractivity contribution in [2.45, 2.75) is 95.3 Å². The maximum Gasteiger partial charge on any atom is 0.192 e. The van der Waals surface area contributed by atoms with Crippen molar-refractivity contribution < 1.29 is 28.5 Å². The fourth-order valence-corrected chi connectivity index (χ4v) is 6.34. The first-order valence-corrected chi connectivity index (χ1v) is 18.1. The summed E-state index contributed by atoms with van der Waals surface area (Å²) in [7, 11) is -2.36. The maximum atomic E-state index is 12.1. The molecule has 0 saturated heterocycles. The molecule has 43 heavy (non-hydrogen) atoms. The van der Waals surface area contributed by atoms with Gasteiger partial charge in [-0.25, -0.2) is 0 Å². The molecular weight excluding hydrogens is 556 g/mol. The molecule has 6 atom stereocenters. The van der Waals surface area contributed by atoms with Gasteiger partial charge < -0.3 is 28.5 Å². The lowest BCUT2D eigenvalue weighted by Crippen LogP contribution is -2.68. The molecule has 0 heterocycles. The van der Waals surface area contributed by atoms with Crippen LogP contribution in [-0.4, -0.2) is 56.7 Å². The zero-order valence-electron chi connectivity index (χ0n) is 26.2. The molecule has 1 aliphatic rings. The molecule has 4 rings (SSSR count). The van der Waals surface area contributed by atoms with Gasteiger partial charge in [-0.3, -0.25) is 0 Å². The summed E-state index contributed by atoms with van der Waals surface area (Å²) >= 11 is 0. The van der Waals surface area contributed by atoms with Gasteiger partial charge in [0.2, 0.25) is 0 Å². The minimum atomic E-state index is -2.36. The monoisotopic (exact) mass is 604 g/mol. The molecule has 0 aliphatic heterocycles. The van der Waals surface area contributed by atoms with Crippen LogP contribution < -0.4 is 0 Å². The fraction of sp³-hybridized carbons (Fsp3) is 0.444. The maximum absolute atomic E-state index is 12.1. The average Bonchev–Trinajstić information content (AvgIpc) is 3.00. The Morgan fingerprint density at radius 3 is 1.40 bits per heavy atom. The first kappa shape index (κ1) is 33.3. The molecule has 0 spiro atoms. The van der Waals surface area contributed by atoms with Gasteiger partial charge in [0.25, 0.3) is 0 Å². The van der Waals surface area contributed by atoms with Crippen LogP contribution in [0.1, 0.15) is 37.5 Å². The van der Waals surface area contributed by atoms with Gasteiger partial charge in [-0.05, 0) is 34.8 Å². The predicted molar refractivity (Wildman–Crippen MR) is 173 cm³/mol. The van der Waals surface area contributed by atoms with Crippen molar-refractivity contribution >= 4 is 8.32 Å². The summed E-state index contributed by atoms with van der Waals surface area (Å²) in [4.78, 5) is 0. The molecule has 3 aromatic rings. The van der Waals surface area contributed by atoms with Gasteiger partial charge in [0.05, 0.1) is 26.4 Å². The normalized spacial score (nSPS) is 24.5. The van der Waals surface area contributed by atoms with E-state index < -0.39 is 44.9 Å². The molecule has 0 bridgehead atoms. The molecule has 0 amide bonds. The van der Waals surface area contributed by atoms with Gasteiger partial charge in [-0.15, -0.1) is 6.58 Å². The second-order valence-electron chi connectivity index (χ2n) is 12.7. The van der Waals surface area contributed by atoms with E-state index in [0.29, 0.717) is 19.8 Å². The van der Waals surface area contributed by atoms with Crippen molar-refractivity contribution in [1.82, 2.24) is 0 Å². The minimum Gasteiger partial charge on any atom is -0.408 e. The van der Waals surface area contributed by atoms with Crippen LogP contribution in [-0.2, 0) is 43.2 Å². The molecule has 1 saturated carbocycles. The Morgan fingerprint density at radius 2 is 1.00 bits per heavy atom. The molecular formula is C36H48O6Si. The summed E-state index contributed by atoms with van der Waals surface area (Å²) in [6.45, 7) is 16.1. The van der Waals surface area contributed by atoms with E-state index in [1.165, 1.54) is 0 Å². The number of ether oxygens (including phenoxy) is 4. The van der Waals surface area contributed by atoms with E-state index >= 15 is 0 Å². The molecule has 1 aliphatic carbocycles. The molecule has 6 nitrogen and oxygen atoms in total. The third-order valence-electron chi connectivity index (χ3n) is 8.47. The van der Waals surface area contributed by atoms with E-state index in [0.717, 1.165) is 16.7 Å². The quantitative estimate of drug-likeness (QED) is 0.157. The first-order chi connectivity index (χ1) is 20.6. The number of hydrogen-bond acceptors (Lipinski definition) is 6. The topological polar surface area (TPSA) is 66.4 Å². The Kier molecular flexibility index (Phi) is 11.9. The standard InChI is InChI=1S/C36H48O6Si/c1-7-23-38-34-32(42-43(5,6)36(2,3)4)30(37)31(39-24-27-17-11-8-12-18-27)33(40-25-28-19-13-9-14-20-28)35(34)41-26-29-21-15-10-16-22-29/h7-22,30-35,37H,1,23-26H2,2-6H3/t30-,31+,32+,33+,34-,35+/m1/s1. The van der Waals surface area contributed by atoms with Crippen LogP contribution in [0, 0.1) is 0 Å². The van der Waals surface area contributed by atoms with Gasteiger partial charge in [-0.1, -0.05) is 118 Å². The highest BCUT2D eigenvalue weighted by Gasteiger charge is 2.56. The first-order valence-electron chi connectivity index (χ1n) is 15.2. The van der Waals surface area contributed by atoms with Gasteiger partial charge in [-0.2, -0.15) is 0 Å². The zero-order valence-corrected chi connectivity index (χ0v) is 27.2. The molecule has 7 heteroatoms. The number of aliphatic hydroxyl groups excluding tert-OH is 1. The lowest BCUT2D eigenvalue weighted by atomic mass is 9.84. The number of benzene rings is 3. The lowest BCUT2D eigenvalue weighted by molar-refractivity contribution is -0.267. The van der Waals surface area contributed by atoms with Crippen molar-refractivity contribution in [3.05, 3.63) is 120 Å². The fourth-order valence-electron chi connectivity index (χ4n) is 5.03. The largest absolute Gasteiger partial charge is 0.408 e.